The van der Waals surface area contributed by atoms with Crippen LogP contribution in [-0.2, 0) is 19.1 Å². The van der Waals surface area contributed by atoms with Crippen molar-refractivity contribution >= 4 is 46.7 Å². The number of halogens is 1. The largest absolute Gasteiger partial charge is 0.452 e. The number of hydrogen-bond donors (Lipinski definition) is 1. The molecule has 1 N–H and O–H groups in total. The molecule has 7 nitrogen and oxygen atoms in total. The molecule has 0 unspecified atom stereocenters. The lowest BCUT2D eigenvalue weighted by Gasteiger charge is -2.19. The van der Waals surface area contributed by atoms with Gasteiger partial charge in [0.15, 0.2) is 6.61 Å². The van der Waals surface area contributed by atoms with Crippen LogP contribution in [0.25, 0.3) is 0 Å². The Bertz CT molecular complexity index is 1250. The molecule has 1 saturated heterocycles. The van der Waals surface area contributed by atoms with Gasteiger partial charge in [-0.15, -0.1) is 0 Å². The number of hydrogen-bond acceptors (Lipinski definition) is 5. The quantitative estimate of drug-likeness (QED) is 0.396. The number of amides is 3. The van der Waals surface area contributed by atoms with E-state index in [2.05, 4.69) is 11.4 Å². The number of carbonyl (C=O) groups is 4. The van der Waals surface area contributed by atoms with Gasteiger partial charge in [0.25, 0.3) is 5.91 Å². The number of rotatable bonds is 5. The predicted octanol–water partition coefficient (Wildman–Crippen LogP) is 4.15. The third-order valence-corrected chi connectivity index (χ3v) is 7.53. The number of nitrogens with zero attached hydrogens (tertiary/aromatic N) is 1. The van der Waals surface area contributed by atoms with Gasteiger partial charge in [0.2, 0.25) is 11.8 Å². The van der Waals surface area contributed by atoms with Crippen LogP contribution in [0.15, 0.2) is 54.1 Å². The molecule has 0 radical (unpaired) electrons. The van der Waals surface area contributed by atoms with Crippen molar-refractivity contribution in [2.45, 2.75) is 20.3 Å². The summed E-state index contributed by atoms with van der Waals surface area (Å²) >= 11 is 6.05. The van der Waals surface area contributed by atoms with Crippen molar-refractivity contribution in [3.63, 3.8) is 0 Å². The summed E-state index contributed by atoms with van der Waals surface area (Å²) in [6.07, 6.45) is 3.01. The molecule has 3 aliphatic rings. The smallest absolute Gasteiger partial charge is 0.338 e. The summed E-state index contributed by atoms with van der Waals surface area (Å²) in [5.74, 6) is -1.80. The molecule has 1 saturated carbocycles. The Balaban J connectivity index is 1.21. The van der Waals surface area contributed by atoms with Gasteiger partial charge in [-0.1, -0.05) is 29.3 Å². The summed E-state index contributed by atoms with van der Waals surface area (Å²) in [5.41, 5.74) is 3.11. The molecule has 2 aromatic rings. The normalized spacial score (nSPS) is 24.8. The zero-order valence-corrected chi connectivity index (χ0v) is 19.5. The Kier molecular flexibility index (Phi) is 5.52. The standard InChI is InChI=1S/C26H23ClN2O5/c1-13-10-16-11-18(13)23-22(16)24(31)29(25(23)32)17-8-6-15(7-9-17)26(33)34-12-21(30)28-20-5-3-4-19(27)14(20)2/h3-10,16,18,22-23H,11-12H2,1-2H3,(H,28,30)/t16-,18+,22+,23+/m0/s1. The molecule has 34 heavy (non-hydrogen) atoms. The minimum Gasteiger partial charge on any atom is -0.452 e. The minimum absolute atomic E-state index is 0.132. The SMILES string of the molecule is CC1=C[C@H]2C[C@H]1[C@H]1C(=O)N(c3ccc(C(=O)OCC(=O)Nc4cccc(Cl)c4C)cc3)C(=O)[C@@H]12. The number of anilines is 2. The Morgan fingerprint density at radius 1 is 1.06 bits per heavy atom. The molecular formula is C26H23ClN2O5. The Morgan fingerprint density at radius 2 is 1.76 bits per heavy atom. The number of imide groups is 1. The number of esters is 1. The molecule has 1 aliphatic heterocycles. The highest BCUT2D eigenvalue weighted by molar-refractivity contribution is 6.31. The van der Waals surface area contributed by atoms with Crippen molar-refractivity contribution in [2.24, 2.45) is 23.7 Å². The first-order valence-electron chi connectivity index (χ1n) is 11.1. The average Bonchev–Trinajstić information content (AvgIpc) is 3.45. The summed E-state index contributed by atoms with van der Waals surface area (Å²) in [6.45, 7) is 3.34. The lowest BCUT2D eigenvalue weighted by Crippen LogP contribution is -2.33. The van der Waals surface area contributed by atoms with E-state index in [1.165, 1.54) is 22.6 Å². The van der Waals surface area contributed by atoms with Crippen molar-refractivity contribution < 1.29 is 23.9 Å². The van der Waals surface area contributed by atoms with Gasteiger partial charge < -0.3 is 10.1 Å². The molecule has 2 aliphatic carbocycles. The van der Waals surface area contributed by atoms with E-state index in [1.807, 2.05) is 6.92 Å². The molecule has 5 rings (SSSR count). The molecule has 2 aromatic carbocycles. The van der Waals surface area contributed by atoms with E-state index in [9.17, 15) is 19.2 Å². The van der Waals surface area contributed by atoms with Gasteiger partial charge >= 0.3 is 5.97 Å². The van der Waals surface area contributed by atoms with E-state index < -0.39 is 18.5 Å². The van der Waals surface area contributed by atoms with Gasteiger partial charge in [0.05, 0.1) is 23.1 Å². The lowest BCUT2D eigenvalue weighted by atomic mass is 9.82. The Hall–Kier alpha value is -3.45. The highest BCUT2D eigenvalue weighted by Gasteiger charge is 2.60. The van der Waals surface area contributed by atoms with Crippen LogP contribution in [0.1, 0.15) is 29.3 Å². The molecule has 2 fully saturated rings. The Morgan fingerprint density at radius 3 is 2.50 bits per heavy atom. The maximum atomic E-state index is 13.1. The van der Waals surface area contributed by atoms with Crippen molar-refractivity contribution in [1.82, 2.24) is 0 Å². The van der Waals surface area contributed by atoms with Crippen LogP contribution in [0.2, 0.25) is 5.02 Å². The monoisotopic (exact) mass is 478 g/mol. The van der Waals surface area contributed by atoms with Crippen molar-refractivity contribution in [1.29, 1.82) is 0 Å². The van der Waals surface area contributed by atoms with Crippen LogP contribution in [0.3, 0.4) is 0 Å². The van der Waals surface area contributed by atoms with E-state index in [0.29, 0.717) is 22.0 Å². The molecule has 0 spiro atoms. The summed E-state index contributed by atoms with van der Waals surface area (Å²) in [6, 6.07) is 11.2. The fourth-order valence-electron chi connectivity index (χ4n) is 5.42. The number of fused-ring (bicyclic) bond motifs is 5. The van der Waals surface area contributed by atoms with Crippen LogP contribution in [0, 0.1) is 30.6 Å². The fraction of sp³-hybridized carbons (Fsp3) is 0.308. The maximum Gasteiger partial charge on any atom is 0.338 e. The molecule has 3 amide bonds. The minimum atomic E-state index is -0.682. The van der Waals surface area contributed by atoms with E-state index in [0.717, 1.165) is 6.42 Å². The van der Waals surface area contributed by atoms with Crippen LogP contribution < -0.4 is 10.2 Å². The molecular weight excluding hydrogens is 456 g/mol. The lowest BCUT2D eigenvalue weighted by molar-refractivity contribution is -0.123. The van der Waals surface area contributed by atoms with Crippen LogP contribution in [0.4, 0.5) is 11.4 Å². The first-order chi connectivity index (χ1) is 16.3. The molecule has 8 heteroatoms. The van der Waals surface area contributed by atoms with Crippen LogP contribution in [-0.4, -0.2) is 30.3 Å². The zero-order valence-electron chi connectivity index (χ0n) is 18.7. The summed E-state index contributed by atoms with van der Waals surface area (Å²) in [7, 11) is 0. The third-order valence-electron chi connectivity index (χ3n) is 7.12. The van der Waals surface area contributed by atoms with E-state index in [1.54, 1.807) is 37.3 Å². The second kappa shape index (κ2) is 8.40. The number of allylic oxidation sites excluding steroid dienone is 2. The van der Waals surface area contributed by atoms with E-state index >= 15 is 0 Å². The summed E-state index contributed by atoms with van der Waals surface area (Å²) in [5, 5.41) is 3.18. The van der Waals surface area contributed by atoms with Gasteiger partial charge in [0.1, 0.15) is 0 Å². The van der Waals surface area contributed by atoms with Gasteiger partial charge in [-0.3, -0.25) is 19.3 Å². The van der Waals surface area contributed by atoms with Gasteiger partial charge in [-0.25, -0.2) is 4.79 Å². The van der Waals surface area contributed by atoms with E-state index in [-0.39, 0.29) is 41.0 Å². The Labute approximate surface area is 201 Å². The van der Waals surface area contributed by atoms with Crippen LogP contribution >= 0.6 is 11.6 Å². The van der Waals surface area contributed by atoms with E-state index in [4.69, 9.17) is 16.3 Å². The van der Waals surface area contributed by atoms with Gasteiger partial charge in [0, 0.05) is 10.7 Å². The predicted molar refractivity (Wildman–Crippen MR) is 126 cm³/mol. The fourth-order valence-corrected chi connectivity index (χ4v) is 5.59. The molecule has 2 bridgehead atoms. The second-order valence-corrected chi connectivity index (χ2v) is 9.47. The maximum absolute atomic E-state index is 13.1. The topological polar surface area (TPSA) is 92.8 Å². The van der Waals surface area contributed by atoms with Crippen molar-refractivity contribution in [3.8, 4) is 0 Å². The van der Waals surface area contributed by atoms with Crippen molar-refractivity contribution in [2.75, 3.05) is 16.8 Å². The van der Waals surface area contributed by atoms with Gasteiger partial charge in [-0.05, 0) is 74.1 Å². The summed E-state index contributed by atoms with van der Waals surface area (Å²) < 4.78 is 5.11. The number of benzene rings is 2. The highest BCUT2D eigenvalue weighted by atomic mass is 35.5. The highest BCUT2D eigenvalue weighted by Crippen LogP contribution is 2.55. The first-order valence-corrected chi connectivity index (χ1v) is 11.5. The van der Waals surface area contributed by atoms with Gasteiger partial charge in [-0.2, -0.15) is 0 Å². The summed E-state index contributed by atoms with van der Waals surface area (Å²) in [4.78, 5) is 51.9. The van der Waals surface area contributed by atoms with Crippen molar-refractivity contribution in [3.05, 3.63) is 70.3 Å². The molecule has 174 valence electrons. The second-order valence-electron chi connectivity index (χ2n) is 9.06. The first kappa shape index (κ1) is 22.3. The van der Waals surface area contributed by atoms with Crippen LogP contribution in [0.5, 0.6) is 0 Å². The third kappa shape index (κ3) is 3.60. The zero-order chi connectivity index (χ0) is 24.1. The molecule has 4 atom stereocenters. The molecule has 1 heterocycles. The number of ether oxygens (including phenoxy) is 1. The average molecular weight is 479 g/mol. The number of nitrogens with one attached hydrogen (secondary N) is 1. The molecule has 0 aromatic heterocycles. The number of carbonyl (C=O) groups excluding carboxylic acids is 4.